The van der Waals surface area contributed by atoms with E-state index >= 15 is 0 Å². The molecule has 7 heteroatoms. The Morgan fingerprint density at radius 1 is 1.21 bits per heavy atom. The Hall–Kier alpha value is -2.80. The van der Waals surface area contributed by atoms with Crippen LogP contribution >= 0.6 is 0 Å². The molecule has 7 nitrogen and oxygen atoms in total. The van der Waals surface area contributed by atoms with E-state index in [0.717, 1.165) is 55.8 Å². The molecular weight excluding hydrogens is 366 g/mol. The van der Waals surface area contributed by atoms with Crippen molar-refractivity contribution in [2.24, 2.45) is 4.99 Å². The van der Waals surface area contributed by atoms with Gasteiger partial charge >= 0.3 is 0 Å². The number of guanidine groups is 1. The number of aromatic nitrogens is 1. The first kappa shape index (κ1) is 20.9. The number of hydrogen-bond acceptors (Lipinski definition) is 5. The number of pyridine rings is 1. The van der Waals surface area contributed by atoms with Crippen LogP contribution in [0.2, 0.25) is 0 Å². The lowest BCUT2D eigenvalue weighted by Crippen LogP contribution is -2.41. The molecule has 0 aliphatic carbocycles. The summed E-state index contributed by atoms with van der Waals surface area (Å²) in [5.74, 6) is 2.66. The van der Waals surface area contributed by atoms with Crippen LogP contribution in [0.4, 0.5) is 5.82 Å². The van der Waals surface area contributed by atoms with Crippen molar-refractivity contribution in [3.8, 4) is 5.75 Å². The lowest BCUT2D eigenvalue weighted by molar-refractivity contribution is 0.0529. The fraction of sp³-hybridized carbons (Fsp3) is 0.455. The highest BCUT2D eigenvalue weighted by atomic mass is 16.5. The van der Waals surface area contributed by atoms with Gasteiger partial charge in [0.25, 0.3) is 0 Å². The minimum absolute atomic E-state index is 0.249. The van der Waals surface area contributed by atoms with Crippen LogP contribution in [0.3, 0.4) is 0 Å². The third-order valence-corrected chi connectivity index (χ3v) is 4.92. The summed E-state index contributed by atoms with van der Waals surface area (Å²) in [6, 6.07) is 12.3. The SMILES string of the molecule is CN=C(NCCc1ccc(OC)cc1)NCc1ccc(N2CCOC(C)C2)nc1. The van der Waals surface area contributed by atoms with Crippen LogP contribution in [0.5, 0.6) is 5.75 Å². The highest BCUT2D eigenvalue weighted by Gasteiger charge is 2.17. The van der Waals surface area contributed by atoms with Gasteiger partial charge in [-0.3, -0.25) is 4.99 Å². The molecule has 29 heavy (non-hydrogen) atoms. The van der Waals surface area contributed by atoms with E-state index in [4.69, 9.17) is 9.47 Å². The summed E-state index contributed by atoms with van der Waals surface area (Å²) in [7, 11) is 3.46. The summed E-state index contributed by atoms with van der Waals surface area (Å²) in [5, 5.41) is 6.69. The van der Waals surface area contributed by atoms with Crippen molar-refractivity contribution < 1.29 is 9.47 Å². The van der Waals surface area contributed by atoms with Crippen molar-refractivity contribution in [3.05, 3.63) is 53.7 Å². The first-order chi connectivity index (χ1) is 14.2. The van der Waals surface area contributed by atoms with Gasteiger partial charge in [-0.05, 0) is 42.7 Å². The second-order valence-corrected chi connectivity index (χ2v) is 7.10. The van der Waals surface area contributed by atoms with Gasteiger partial charge in [0.1, 0.15) is 11.6 Å². The molecule has 1 saturated heterocycles. The number of hydrogen-bond donors (Lipinski definition) is 2. The summed E-state index contributed by atoms with van der Waals surface area (Å²) in [4.78, 5) is 11.2. The quantitative estimate of drug-likeness (QED) is 0.552. The number of nitrogens with one attached hydrogen (secondary N) is 2. The molecule has 1 unspecified atom stereocenters. The Kier molecular flexibility index (Phi) is 7.69. The van der Waals surface area contributed by atoms with Crippen LogP contribution in [0.25, 0.3) is 0 Å². The Morgan fingerprint density at radius 2 is 2.00 bits per heavy atom. The zero-order chi connectivity index (χ0) is 20.5. The molecule has 1 aromatic carbocycles. The molecule has 0 amide bonds. The van der Waals surface area contributed by atoms with E-state index in [0.29, 0.717) is 6.54 Å². The Labute approximate surface area is 173 Å². The molecule has 1 aromatic heterocycles. The van der Waals surface area contributed by atoms with Crippen LogP contribution < -0.4 is 20.3 Å². The number of morpholine rings is 1. The molecule has 1 aliphatic heterocycles. The molecule has 3 rings (SSSR count). The number of methoxy groups -OCH3 is 1. The zero-order valence-electron chi connectivity index (χ0n) is 17.5. The molecule has 0 spiro atoms. The van der Waals surface area contributed by atoms with Gasteiger partial charge in [-0.25, -0.2) is 4.98 Å². The van der Waals surface area contributed by atoms with Crippen LogP contribution in [0.15, 0.2) is 47.6 Å². The van der Waals surface area contributed by atoms with Crippen molar-refractivity contribution in [3.63, 3.8) is 0 Å². The van der Waals surface area contributed by atoms with Gasteiger partial charge in [-0.1, -0.05) is 18.2 Å². The first-order valence-corrected chi connectivity index (χ1v) is 10.1. The standard InChI is InChI=1S/C22H31N5O2/c1-17-16-27(12-13-29-17)21-9-6-19(14-25-21)15-26-22(23-2)24-11-10-18-4-7-20(28-3)8-5-18/h4-9,14,17H,10-13,15-16H2,1-3H3,(H2,23,24,26). The minimum atomic E-state index is 0.249. The zero-order valence-corrected chi connectivity index (χ0v) is 17.5. The van der Waals surface area contributed by atoms with E-state index < -0.39 is 0 Å². The summed E-state index contributed by atoms with van der Waals surface area (Å²) in [6.45, 7) is 6.10. The second-order valence-electron chi connectivity index (χ2n) is 7.10. The highest BCUT2D eigenvalue weighted by Crippen LogP contribution is 2.15. The van der Waals surface area contributed by atoms with Crippen molar-refractivity contribution >= 4 is 11.8 Å². The molecule has 156 valence electrons. The molecule has 0 radical (unpaired) electrons. The molecule has 0 saturated carbocycles. The summed E-state index contributed by atoms with van der Waals surface area (Å²) >= 11 is 0. The average molecular weight is 398 g/mol. The van der Waals surface area contributed by atoms with E-state index in [2.05, 4.69) is 56.7 Å². The van der Waals surface area contributed by atoms with Crippen molar-refractivity contribution in [2.75, 3.05) is 45.3 Å². The lowest BCUT2D eigenvalue weighted by atomic mass is 10.1. The molecule has 2 heterocycles. The number of rotatable bonds is 7. The largest absolute Gasteiger partial charge is 0.497 e. The summed E-state index contributed by atoms with van der Waals surface area (Å²) in [6.07, 6.45) is 3.09. The number of aliphatic imine (C=N–C) groups is 1. The van der Waals surface area contributed by atoms with Crippen molar-refractivity contribution in [2.45, 2.75) is 26.0 Å². The fourth-order valence-corrected chi connectivity index (χ4v) is 3.26. The van der Waals surface area contributed by atoms with Crippen LogP contribution in [0, 0.1) is 0 Å². The maximum atomic E-state index is 5.60. The topological polar surface area (TPSA) is 71.0 Å². The van der Waals surface area contributed by atoms with E-state index in [1.54, 1.807) is 14.2 Å². The van der Waals surface area contributed by atoms with Crippen LogP contribution in [0.1, 0.15) is 18.1 Å². The van der Waals surface area contributed by atoms with Gasteiger partial charge in [0.15, 0.2) is 5.96 Å². The minimum Gasteiger partial charge on any atom is -0.497 e. The van der Waals surface area contributed by atoms with Crippen molar-refractivity contribution in [1.29, 1.82) is 0 Å². The maximum Gasteiger partial charge on any atom is 0.191 e. The average Bonchev–Trinajstić information content (AvgIpc) is 2.77. The van der Waals surface area contributed by atoms with E-state index in [9.17, 15) is 0 Å². The molecule has 2 N–H and O–H groups in total. The lowest BCUT2D eigenvalue weighted by Gasteiger charge is -2.32. The number of nitrogens with zero attached hydrogens (tertiary/aromatic N) is 3. The van der Waals surface area contributed by atoms with E-state index in [-0.39, 0.29) is 6.10 Å². The van der Waals surface area contributed by atoms with Crippen LogP contribution in [-0.2, 0) is 17.7 Å². The summed E-state index contributed by atoms with van der Waals surface area (Å²) in [5.41, 5.74) is 2.37. The van der Waals surface area contributed by atoms with E-state index in [1.807, 2.05) is 18.3 Å². The third-order valence-electron chi connectivity index (χ3n) is 4.92. The van der Waals surface area contributed by atoms with E-state index in [1.165, 1.54) is 5.56 Å². The number of benzene rings is 1. The fourth-order valence-electron chi connectivity index (χ4n) is 3.26. The van der Waals surface area contributed by atoms with Gasteiger partial charge in [0, 0.05) is 39.4 Å². The normalized spacial score (nSPS) is 17.1. The van der Waals surface area contributed by atoms with Gasteiger partial charge in [0.2, 0.25) is 0 Å². The Morgan fingerprint density at radius 3 is 2.66 bits per heavy atom. The van der Waals surface area contributed by atoms with Gasteiger partial charge in [-0.2, -0.15) is 0 Å². The highest BCUT2D eigenvalue weighted by molar-refractivity contribution is 5.79. The molecule has 0 bridgehead atoms. The molecule has 1 aliphatic rings. The number of ether oxygens (including phenoxy) is 2. The van der Waals surface area contributed by atoms with Gasteiger partial charge < -0.3 is 25.0 Å². The molecular formula is C22H31N5O2. The molecule has 1 fully saturated rings. The summed E-state index contributed by atoms with van der Waals surface area (Å²) < 4.78 is 10.8. The predicted molar refractivity (Wildman–Crippen MR) is 117 cm³/mol. The van der Waals surface area contributed by atoms with Gasteiger partial charge in [-0.15, -0.1) is 0 Å². The number of anilines is 1. The Bertz CT molecular complexity index is 777. The van der Waals surface area contributed by atoms with Crippen LogP contribution in [-0.4, -0.2) is 57.4 Å². The molecule has 2 aromatic rings. The van der Waals surface area contributed by atoms with Gasteiger partial charge in [0.05, 0.1) is 19.8 Å². The second kappa shape index (κ2) is 10.7. The smallest absolute Gasteiger partial charge is 0.191 e. The first-order valence-electron chi connectivity index (χ1n) is 10.1. The van der Waals surface area contributed by atoms with Crippen molar-refractivity contribution in [1.82, 2.24) is 15.6 Å². The molecule has 1 atom stereocenters. The predicted octanol–water partition coefficient (Wildman–Crippen LogP) is 2.22. The Balaban J connectivity index is 1.42. The third kappa shape index (κ3) is 6.35. The monoisotopic (exact) mass is 397 g/mol. The maximum absolute atomic E-state index is 5.60.